The standard InChI is InChI=1S/C14H12O4/c1-17-13(15)9-10-4-6-11(7-5-10)14(16)12-3-2-8-18-12/h2-8H,9H2,1H3. The number of carbonyl (C=O) groups is 2. The van der Waals surface area contributed by atoms with E-state index in [1.807, 2.05) is 0 Å². The van der Waals surface area contributed by atoms with Crippen LogP contribution in [-0.2, 0) is 16.0 Å². The Morgan fingerprint density at radius 3 is 2.44 bits per heavy atom. The van der Waals surface area contributed by atoms with Crippen LogP contribution in [0.5, 0.6) is 0 Å². The maximum atomic E-state index is 11.9. The van der Waals surface area contributed by atoms with Gasteiger partial charge in [0.2, 0.25) is 5.78 Å². The molecule has 4 nitrogen and oxygen atoms in total. The van der Waals surface area contributed by atoms with Crippen LogP contribution in [-0.4, -0.2) is 18.9 Å². The molecule has 0 fully saturated rings. The predicted molar refractivity (Wildman–Crippen MR) is 64.3 cm³/mol. The van der Waals surface area contributed by atoms with E-state index in [0.717, 1.165) is 5.56 Å². The van der Waals surface area contributed by atoms with Gasteiger partial charge in [-0.25, -0.2) is 0 Å². The van der Waals surface area contributed by atoms with Gasteiger partial charge >= 0.3 is 5.97 Å². The van der Waals surface area contributed by atoms with Gasteiger partial charge in [0, 0.05) is 5.56 Å². The number of rotatable bonds is 4. The number of methoxy groups -OCH3 is 1. The van der Waals surface area contributed by atoms with Crippen LogP contribution in [0.1, 0.15) is 21.7 Å². The minimum atomic E-state index is -0.305. The molecule has 0 radical (unpaired) electrons. The van der Waals surface area contributed by atoms with E-state index in [1.54, 1.807) is 36.4 Å². The van der Waals surface area contributed by atoms with E-state index in [9.17, 15) is 9.59 Å². The summed E-state index contributed by atoms with van der Waals surface area (Å²) < 4.78 is 9.61. The predicted octanol–water partition coefficient (Wildman–Crippen LogP) is 2.23. The Bertz CT molecular complexity index is 538. The van der Waals surface area contributed by atoms with Gasteiger partial charge in [-0.15, -0.1) is 0 Å². The molecular weight excluding hydrogens is 232 g/mol. The summed E-state index contributed by atoms with van der Waals surface area (Å²) in [4.78, 5) is 23.0. The van der Waals surface area contributed by atoms with Gasteiger partial charge in [0.15, 0.2) is 5.76 Å². The van der Waals surface area contributed by atoms with Crippen LogP contribution >= 0.6 is 0 Å². The van der Waals surface area contributed by atoms with Crippen LogP contribution in [0.15, 0.2) is 47.1 Å². The zero-order valence-corrected chi connectivity index (χ0v) is 9.88. The van der Waals surface area contributed by atoms with Gasteiger partial charge in [0.25, 0.3) is 0 Å². The number of carbonyl (C=O) groups excluding carboxylic acids is 2. The smallest absolute Gasteiger partial charge is 0.309 e. The highest BCUT2D eigenvalue weighted by Gasteiger charge is 2.11. The first-order valence-electron chi connectivity index (χ1n) is 5.44. The molecule has 4 heteroatoms. The zero-order valence-electron chi connectivity index (χ0n) is 9.88. The lowest BCUT2D eigenvalue weighted by Crippen LogP contribution is -2.05. The quantitative estimate of drug-likeness (QED) is 0.611. The van der Waals surface area contributed by atoms with Gasteiger partial charge in [-0.3, -0.25) is 9.59 Å². The van der Waals surface area contributed by atoms with Gasteiger partial charge in [-0.1, -0.05) is 24.3 Å². The summed E-state index contributed by atoms with van der Waals surface area (Å²) in [6.45, 7) is 0. The normalized spacial score (nSPS) is 10.1. The lowest BCUT2D eigenvalue weighted by Gasteiger charge is -2.01. The van der Waals surface area contributed by atoms with Crippen molar-refractivity contribution < 1.29 is 18.7 Å². The maximum absolute atomic E-state index is 11.9. The molecule has 1 aromatic carbocycles. The summed E-state index contributed by atoms with van der Waals surface area (Å²) in [6, 6.07) is 10.1. The Morgan fingerprint density at radius 1 is 1.17 bits per heavy atom. The number of hydrogen-bond donors (Lipinski definition) is 0. The van der Waals surface area contributed by atoms with Gasteiger partial charge in [0.05, 0.1) is 19.8 Å². The molecule has 0 bridgehead atoms. The van der Waals surface area contributed by atoms with E-state index < -0.39 is 0 Å². The molecule has 2 rings (SSSR count). The second-order valence-electron chi connectivity index (χ2n) is 3.76. The van der Waals surface area contributed by atoms with Crippen LogP contribution in [0.3, 0.4) is 0 Å². The molecule has 2 aromatic rings. The Labute approximate surface area is 104 Å². The third-order valence-corrected chi connectivity index (χ3v) is 2.54. The molecule has 18 heavy (non-hydrogen) atoms. The number of esters is 1. The van der Waals surface area contributed by atoms with Crippen molar-refractivity contribution in [2.24, 2.45) is 0 Å². The second-order valence-corrected chi connectivity index (χ2v) is 3.76. The molecule has 1 heterocycles. The van der Waals surface area contributed by atoms with Crippen molar-refractivity contribution in [2.45, 2.75) is 6.42 Å². The maximum Gasteiger partial charge on any atom is 0.309 e. The van der Waals surface area contributed by atoms with Crippen molar-refractivity contribution in [3.05, 3.63) is 59.5 Å². The molecule has 92 valence electrons. The minimum absolute atomic E-state index is 0.176. The van der Waals surface area contributed by atoms with Gasteiger partial charge in [-0.2, -0.15) is 0 Å². The molecule has 0 N–H and O–H groups in total. The molecule has 0 saturated carbocycles. The van der Waals surface area contributed by atoms with Crippen molar-refractivity contribution >= 4 is 11.8 Å². The first-order valence-corrected chi connectivity index (χ1v) is 5.44. The lowest BCUT2D eigenvalue weighted by atomic mass is 10.1. The highest BCUT2D eigenvalue weighted by molar-refractivity contribution is 6.07. The Kier molecular flexibility index (Phi) is 3.57. The topological polar surface area (TPSA) is 56.5 Å². The Hall–Kier alpha value is -2.36. The number of ketones is 1. The first kappa shape index (κ1) is 12.1. The summed E-state index contributed by atoms with van der Waals surface area (Å²) in [6.07, 6.45) is 1.66. The minimum Gasteiger partial charge on any atom is -0.469 e. The summed E-state index contributed by atoms with van der Waals surface area (Å²) >= 11 is 0. The van der Waals surface area contributed by atoms with Crippen molar-refractivity contribution in [2.75, 3.05) is 7.11 Å². The molecule has 0 saturated heterocycles. The van der Waals surface area contributed by atoms with E-state index in [2.05, 4.69) is 4.74 Å². The first-order chi connectivity index (χ1) is 8.70. The fourth-order valence-corrected chi connectivity index (χ4v) is 1.56. The Balaban J connectivity index is 2.13. The summed E-state index contributed by atoms with van der Waals surface area (Å²) in [5, 5.41) is 0. The number of ether oxygens (including phenoxy) is 1. The number of hydrogen-bond acceptors (Lipinski definition) is 4. The van der Waals surface area contributed by atoms with E-state index in [1.165, 1.54) is 13.4 Å². The molecule has 0 amide bonds. The van der Waals surface area contributed by atoms with Gasteiger partial charge in [0.1, 0.15) is 0 Å². The third kappa shape index (κ3) is 2.66. The molecule has 1 aromatic heterocycles. The molecule has 0 aliphatic rings. The highest BCUT2D eigenvalue weighted by Crippen LogP contribution is 2.12. The van der Waals surface area contributed by atoms with Crippen molar-refractivity contribution in [1.29, 1.82) is 0 Å². The summed E-state index contributed by atoms with van der Waals surface area (Å²) in [7, 11) is 1.34. The monoisotopic (exact) mass is 244 g/mol. The van der Waals surface area contributed by atoms with Crippen LogP contribution < -0.4 is 0 Å². The highest BCUT2D eigenvalue weighted by atomic mass is 16.5. The Morgan fingerprint density at radius 2 is 1.89 bits per heavy atom. The van der Waals surface area contributed by atoms with Crippen molar-refractivity contribution in [3.63, 3.8) is 0 Å². The second kappa shape index (κ2) is 5.31. The SMILES string of the molecule is COC(=O)Cc1ccc(C(=O)c2ccco2)cc1. The average Bonchev–Trinajstić information content (AvgIpc) is 2.92. The largest absolute Gasteiger partial charge is 0.469 e. The molecule has 0 unspecified atom stereocenters. The van der Waals surface area contributed by atoms with E-state index in [0.29, 0.717) is 11.3 Å². The van der Waals surface area contributed by atoms with Crippen LogP contribution in [0.4, 0.5) is 0 Å². The van der Waals surface area contributed by atoms with Crippen molar-refractivity contribution in [1.82, 2.24) is 0 Å². The summed E-state index contributed by atoms with van der Waals surface area (Å²) in [5.41, 5.74) is 1.33. The van der Waals surface area contributed by atoms with Crippen LogP contribution in [0.2, 0.25) is 0 Å². The van der Waals surface area contributed by atoms with Crippen molar-refractivity contribution in [3.8, 4) is 0 Å². The van der Waals surface area contributed by atoms with Gasteiger partial charge < -0.3 is 9.15 Å². The molecule has 0 atom stereocenters. The van der Waals surface area contributed by atoms with E-state index in [4.69, 9.17) is 4.42 Å². The van der Waals surface area contributed by atoms with Gasteiger partial charge in [-0.05, 0) is 17.7 Å². The zero-order chi connectivity index (χ0) is 13.0. The van der Waals surface area contributed by atoms with Crippen LogP contribution in [0, 0.1) is 0 Å². The molecule has 0 aliphatic carbocycles. The number of furan rings is 1. The van der Waals surface area contributed by atoms with Crippen LogP contribution in [0.25, 0.3) is 0 Å². The molecule has 0 aliphatic heterocycles. The fourth-order valence-electron chi connectivity index (χ4n) is 1.56. The van der Waals surface area contributed by atoms with E-state index >= 15 is 0 Å². The average molecular weight is 244 g/mol. The van der Waals surface area contributed by atoms with E-state index in [-0.39, 0.29) is 18.2 Å². The lowest BCUT2D eigenvalue weighted by molar-refractivity contribution is -0.139. The molecular formula is C14H12O4. The fraction of sp³-hybridized carbons (Fsp3) is 0.143. The summed E-state index contributed by atoms with van der Waals surface area (Å²) in [5.74, 6) is -0.180. The number of benzene rings is 1. The third-order valence-electron chi connectivity index (χ3n) is 2.54. The molecule has 0 spiro atoms.